The molecule has 0 aromatic heterocycles. The maximum absolute atomic E-state index is 10.7. The maximum atomic E-state index is 10.7. The van der Waals surface area contributed by atoms with E-state index in [2.05, 4.69) is 29.6 Å². The van der Waals surface area contributed by atoms with E-state index in [1.54, 1.807) is 0 Å². The van der Waals surface area contributed by atoms with E-state index in [1.807, 2.05) is 6.07 Å². The van der Waals surface area contributed by atoms with Crippen LogP contribution in [0.1, 0.15) is 62.2 Å². The third-order valence-electron chi connectivity index (χ3n) is 5.85. The highest BCUT2D eigenvalue weighted by atomic mass is 16.5. The van der Waals surface area contributed by atoms with Gasteiger partial charge in [0.2, 0.25) is 0 Å². The summed E-state index contributed by atoms with van der Waals surface area (Å²) >= 11 is 0. The van der Waals surface area contributed by atoms with Gasteiger partial charge in [-0.05, 0) is 68.2 Å². The van der Waals surface area contributed by atoms with Crippen LogP contribution in [-0.4, -0.2) is 40.6 Å². The molecule has 5 heteroatoms. The van der Waals surface area contributed by atoms with Crippen LogP contribution in [0.3, 0.4) is 0 Å². The minimum Gasteiger partial charge on any atom is -0.508 e. The molecule has 0 saturated carbocycles. The van der Waals surface area contributed by atoms with Crippen LogP contribution in [0.5, 0.6) is 11.5 Å². The SMILES string of the molecule is Oc1cc(O)cc(C(O)C2CCCC(CCCCOCCCc3ccccc3)N2)c1. The molecule has 4 N–H and O–H groups in total. The molecular weight excluding hydrogens is 378 g/mol. The number of aryl methyl sites for hydroxylation is 1. The molecule has 30 heavy (non-hydrogen) atoms. The Morgan fingerprint density at radius 3 is 2.43 bits per heavy atom. The molecule has 2 aromatic carbocycles. The lowest BCUT2D eigenvalue weighted by Crippen LogP contribution is -2.45. The Morgan fingerprint density at radius 2 is 1.67 bits per heavy atom. The first-order valence-electron chi connectivity index (χ1n) is 11.2. The summed E-state index contributed by atoms with van der Waals surface area (Å²) in [4.78, 5) is 0. The van der Waals surface area contributed by atoms with Gasteiger partial charge >= 0.3 is 0 Å². The fourth-order valence-electron chi connectivity index (χ4n) is 4.27. The second-order valence-corrected chi connectivity index (χ2v) is 8.33. The minimum atomic E-state index is -0.737. The highest BCUT2D eigenvalue weighted by molar-refractivity contribution is 5.38. The summed E-state index contributed by atoms with van der Waals surface area (Å²) in [5, 5.41) is 33.6. The number of ether oxygens (including phenoxy) is 1. The van der Waals surface area contributed by atoms with Crippen molar-refractivity contribution in [3.8, 4) is 11.5 Å². The van der Waals surface area contributed by atoms with Crippen LogP contribution in [-0.2, 0) is 11.2 Å². The Hall–Kier alpha value is -2.08. The van der Waals surface area contributed by atoms with Crippen molar-refractivity contribution in [2.75, 3.05) is 13.2 Å². The molecule has 1 aliphatic heterocycles. The molecule has 0 bridgehead atoms. The summed E-state index contributed by atoms with van der Waals surface area (Å²) < 4.78 is 5.78. The van der Waals surface area contributed by atoms with E-state index >= 15 is 0 Å². The van der Waals surface area contributed by atoms with Crippen LogP contribution < -0.4 is 5.32 Å². The first kappa shape index (κ1) is 22.6. The third-order valence-corrected chi connectivity index (χ3v) is 5.85. The molecule has 1 saturated heterocycles. The van der Waals surface area contributed by atoms with Crippen LogP contribution in [0.4, 0.5) is 0 Å². The number of benzene rings is 2. The molecule has 1 aliphatic rings. The van der Waals surface area contributed by atoms with Gasteiger partial charge in [-0.25, -0.2) is 0 Å². The van der Waals surface area contributed by atoms with Gasteiger partial charge in [-0.1, -0.05) is 36.8 Å². The molecular formula is C25H35NO4. The molecule has 3 atom stereocenters. The van der Waals surface area contributed by atoms with Crippen molar-refractivity contribution < 1.29 is 20.1 Å². The number of piperidine rings is 1. The lowest BCUT2D eigenvalue weighted by atomic mass is 9.90. The lowest BCUT2D eigenvalue weighted by molar-refractivity contribution is 0.0971. The first-order chi connectivity index (χ1) is 14.6. The highest BCUT2D eigenvalue weighted by Crippen LogP contribution is 2.30. The Bertz CT molecular complexity index is 732. The average Bonchev–Trinajstić information content (AvgIpc) is 2.75. The largest absolute Gasteiger partial charge is 0.508 e. The van der Waals surface area contributed by atoms with Crippen LogP contribution in [0.2, 0.25) is 0 Å². The van der Waals surface area contributed by atoms with Crippen LogP contribution >= 0.6 is 0 Å². The summed E-state index contributed by atoms with van der Waals surface area (Å²) in [5.74, 6) is -0.0552. The fraction of sp³-hybridized carbons (Fsp3) is 0.520. The van der Waals surface area contributed by atoms with Crippen molar-refractivity contribution in [1.82, 2.24) is 5.32 Å². The van der Waals surface area contributed by atoms with E-state index < -0.39 is 6.10 Å². The van der Waals surface area contributed by atoms with Crippen molar-refractivity contribution in [1.29, 1.82) is 0 Å². The predicted molar refractivity (Wildman–Crippen MR) is 119 cm³/mol. The highest BCUT2D eigenvalue weighted by Gasteiger charge is 2.27. The number of phenols is 2. The van der Waals surface area contributed by atoms with Gasteiger partial charge in [0, 0.05) is 31.4 Å². The monoisotopic (exact) mass is 413 g/mol. The zero-order chi connectivity index (χ0) is 21.2. The number of aliphatic hydroxyl groups excluding tert-OH is 1. The molecule has 0 aliphatic carbocycles. The molecule has 164 valence electrons. The number of phenolic OH excluding ortho intramolecular Hbond substituents is 2. The predicted octanol–water partition coefficient (Wildman–Crippen LogP) is 4.46. The zero-order valence-electron chi connectivity index (χ0n) is 17.7. The Labute approximate surface area is 179 Å². The third kappa shape index (κ3) is 7.31. The maximum Gasteiger partial charge on any atom is 0.119 e. The van der Waals surface area contributed by atoms with Crippen molar-refractivity contribution >= 4 is 0 Å². The number of rotatable bonds is 11. The van der Waals surface area contributed by atoms with E-state index in [0.29, 0.717) is 11.6 Å². The van der Waals surface area contributed by atoms with Crippen molar-refractivity contribution in [2.24, 2.45) is 0 Å². The van der Waals surface area contributed by atoms with Gasteiger partial charge in [-0.2, -0.15) is 0 Å². The van der Waals surface area contributed by atoms with Crippen LogP contribution in [0, 0.1) is 0 Å². The summed E-state index contributed by atoms with van der Waals surface area (Å²) in [6, 6.07) is 15.2. The van der Waals surface area contributed by atoms with Crippen molar-refractivity contribution in [3.05, 3.63) is 59.7 Å². The molecule has 1 fully saturated rings. The summed E-state index contributed by atoms with van der Waals surface area (Å²) in [6.07, 6.45) is 7.68. The van der Waals surface area contributed by atoms with Gasteiger partial charge in [0.25, 0.3) is 0 Å². The molecule has 3 unspecified atom stereocenters. The molecule has 0 amide bonds. The van der Waals surface area contributed by atoms with Gasteiger partial charge in [-0.3, -0.25) is 0 Å². The molecule has 5 nitrogen and oxygen atoms in total. The second-order valence-electron chi connectivity index (χ2n) is 8.33. The number of nitrogens with one attached hydrogen (secondary N) is 1. The lowest BCUT2D eigenvalue weighted by Gasteiger charge is -2.34. The van der Waals surface area contributed by atoms with Gasteiger partial charge in [0.05, 0.1) is 6.10 Å². The van der Waals surface area contributed by atoms with Gasteiger partial charge in [-0.15, -0.1) is 0 Å². The average molecular weight is 414 g/mol. The van der Waals surface area contributed by atoms with E-state index in [-0.39, 0.29) is 17.5 Å². The standard InChI is InChI=1S/C25H35NO4/c27-22-16-20(17-23(28)18-22)25(29)24-13-6-12-21(26-24)11-4-5-14-30-15-7-10-19-8-2-1-3-9-19/h1-3,8-9,16-18,21,24-29H,4-7,10-15H2. The topological polar surface area (TPSA) is 82.0 Å². The quantitative estimate of drug-likeness (QED) is 0.409. The minimum absolute atomic E-state index is 0.0276. The second kappa shape index (κ2) is 11.9. The van der Waals surface area contributed by atoms with Crippen molar-refractivity contribution in [3.63, 3.8) is 0 Å². The van der Waals surface area contributed by atoms with Gasteiger partial charge in [0.1, 0.15) is 11.5 Å². The smallest absolute Gasteiger partial charge is 0.119 e. The zero-order valence-corrected chi connectivity index (χ0v) is 17.7. The van der Waals surface area contributed by atoms with E-state index in [9.17, 15) is 15.3 Å². The summed E-state index contributed by atoms with van der Waals surface area (Å²) in [5.41, 5.74) is 1.91. The fourth-order valence-corrected chi connectivity index (χ4v) is 4.27. The van der Waals surface area contributed by atoms with Crippen LogP contribution in [0.15, 0.2) is 48.5 Å². The number of aliphatic hydroxyl groups is 1. The Kier molecular flexibility index (Phi) is 9.00. The number of hydrogen-bond donors (Lipinski definition) is 4. The van der Waals surface area contributed by atoms with E-state index in [1.165, 1.54) is 23.8 Å². The molecule has 2 aromatic rings. The molecule has 3 rings (SSSR count). The van der Waals surface area contributed by atoms with Crippen LogP contribution in [0.25, 0.3) is 0 Å². The van der Waals surface area contributed by atoms with E-state index in [4.69, 9.17) is 4.74 Å². The molecule has 0 spiro atoms. The van der Waals surface area contributed by atoms with Gasteiger partial charge < -0.3 is 25.4 Å². The number of aromatic hydroxyl groups is 2. The molecule has 0 radical (unpaired) electrons. The van der Waals surface area contributed by atoms with Crippen molar-refractivity contribution in [2.45, 2.75) is 69.6 Å². The summed E-state index contributed by atoms with van der Waals surface area (Å²) in [7, 11) is 0. The number of hydrogen-bond acceptors (Lipinski definition) is 5. The van der Waals surface area contributed by atoms with Gasteiger partial charge in [0.15, 0.2) is 0 Å². The first-order valence-corrected chi connectivity index (χ1v) is 11.2. The normalized spacial score (nSPS) is 20.2. The number of unbranched alkanes of at least 4 members (excludes halogenated alkanes) is 1. The van der Waals surface area contributed by atoms with E-state index in [0.717, 1.165) is 64.6 Å². The summed E-state index contributed by atoms with van der Waals surface area (Å²) in [6.45, 7) is 1.61. The Balaban J connectivity index is 1.29. The Morgan fingerprint density at radius 1 is 0.933 bits per heavy atom. The molecule has 1 heterocycles.